The van der Waals surface area contributed by atoms with Crippen LogP contribution in [0, 0.1) is 6.92 Å². The number of nitrogens with two attached hydrogens (primary N) is 1. The zero-order chi connectivity index (χ0) is 15.6. The van der Waals surface area contributed by atoms with Gasteiger partial charge in [0.25, 0.3) is 5.91 Å². The van der Waals surface area contributed by atoms with Crippen LogP contribution < -0.4 is 10.5 Å². The van der Waals surface area contributed by atoms with Gasteiger partial charge in [0.05, 0.1) is 15.6 Å². The van der Waals surface area contributed by atoms with Crippen LogP contribution in [-0.4, -0.2) is 14.3 Å². The van der Waals surface area contributed by atoms with E-state index in [4.69, 9.17) is 16.7 Å². The lowest BCUT2D eigenvalue weighted by Gasteiger charge is -2.09. The summed E-state index contributed by atoms with van der Waals surface area (Å²) >= 11 is 5.95. The van der Waals surface area contributed by atoms with Gasteiger partial charge in [0.15, 0.2) is 0 Å². The normalized spacial score (nSPS) is 11.2. The third kappa shape index (κ3) is 3.60. The lowest BCUT2D eigenvalue weighted by atomic mass is 10.1. The summed E-state index contributed by atoms with van der Waals surface area (Å²) in [5, 5.41) is 8.13. The van der Waals surface area contributed by atoms with E-state index in [2.05, 4.69) is 5.32 Å². The van der Waals surface area contributed by atoms with Crippen molar-refractivity contribution < 1.29 is 13.2 Å². The van der Waals surface area contributed by atoms with Crippen LogP contribution in [0.15, 0.2) is 47.4 Å². The van der Waals surface area contributed by atoms with Gasteiger partial charge in [-0.05, 0) is 36.8 Å². The second-order valence-electron chi connectivity index (χ2n) is 4.46. The first kappa shape index (κ1) is 15.5. The highest BCUT2D eigenvalue weighted by atomic mass is 35.5. The maximum atomic E-state index is 12.2. The van der Waals surface area contributed by atoms with E-state index in [0.29, 0.717) is 16.3 Å². The molecule has 0 aromatic heterocycles. The lowest BCUT2D eigenvalue weighted by molar-refractivity contribution is 0.102. The standard InChI is InChI=1S/C14H13ClN2O3S/c1-9-6-7-10(8-13(9)21(16,19)20)14(18)17-12-5-3-2-4-11(12)15/h2-8H,1H3,(H,17,18)(H2,16,19,20). The lowest BCUT2D eigenvalue weighted by Crippen LogP contribution is -2.17. The minimum Gasteiger partial charge on any atom is -0.321 e. The Bertz CT molecular complexity index is 804. The number of benzene rings is 2. The molecule has 0 aliphatic heterocycles. The van der Waals surface area contributed by atoms with E-state index >= 15 is 0 Å². The van der Waals surface area contributed by atoms with Crippen molar-refractivity contribution in [2.75, 3.05) is 5.32 Å². The van der Waals surface area contributed by atoms with Crippen LogP contribution in [0.4, 0.5) is 5.69 Å². The van der Waals surface area contributed by atoms with Crippen molar-refractivity contribution >= 4 is 33.2 Å². The van der Waals surface area contributed by atoms with Crippen LogP contribution in [0.2, 0.25) is 5.02 Å². The summed E-state index contributed by atoms with van der Waals surface area (Å²) < 4.78 is 22.9. The molecule has 110 valence electrons. The molecule has 21 heavy (non-hydrogen) atoms. The first-order valence-electron chi connectivity index (χ1n) is 5.98. The Kier molecular flexibility index (Phi) is 4.32. The molecule has 2 aromatic rings. The van der Waals surface area contributed by atoms with Crippen molar-refractivity contribution in [1.29, 1.82) is 0 Å². The Morgan fingerprint density at radius 3 is 2.48 bits per heavy atom. The van der Waals surface area contributed by atoms with E-state index in [-0.39, 0.29) is 10.5 Å². The van der Waals surface area contributed by atoms with Crippen LogP contribution in [0.5, 0.6) is 0 Å². The average molecular weight is 325 g/mol. The molecule has 0 unspecified atom stereocenters. The van der Waals surface area contributed by atoms with Gasteiger partial charge in [0.2, 0.25) is 10.0 Å². The van der Waals surface area contributed by atoms with Crippen LogP contribution >= 0.6 is 11.6 Å². The topological polar surface area (TPSA) is 89.3 Å². The summed E-state index contributed by atoms with van der Waals surface area (Å²) in [4.78, 5) is 12.1. The third-order valence-electron chi connectivity index (χ3n) is 2.88. The minimum atomic E-state index is -3.88. The maximum absolute atomic E-state index is 12.2. The second kappa shape index (κ2) is 5.85. The van der Waals surface area contributed by atoms with E-state index < -0.39 is 15.9 Å². The fourth-order valence-electron chi connectivity index (χ4n) is 1.80. The molecule has 3 N–H and O–H groups in total. The minimum absolute atomic E-state index is 0.0747. The SMILES string of the molecule is Cc1ccc(C(=O)Nc2ccccc2Cl)cc1S(N)(=O)=O. The Morgan fingerprint density at radius 1 is 1.19 bits per heavy atom. The zero-order valence-electron chi connectivity index (χ0n) is 11.1. The predicted molar refractivity (Wildman–Crippen MR) is 82.0 cm³/mol. The number of nitrogens with one attached hydrogen (secondary N) is 1. The molecule has 7 heteroatoms. The van der Waals surface area contributed by atoms with Crippen molar-refractivity contribution in [2.45, 2.75) is 11.8 Å². The van der Waals surface area contributed by atoms with Gasteiger partial charge >= 0.3 is 0 Å². The van der Waals surface area contributed by atoms with Crippen molar-refractivity contribution in [3.05, 3.63) is 58.6 Å². The van der Waals surface area contributed by atoms with Crippen molar-refractivity contribution in [3.8, 4) is 0 Å². The summed E-state index contributed by atoms with van der Waals surface area (Å²) in [6, 6.07) is 11.1. The molecule has 0 aliphatic carbocycles. The van der Waals surface area contributed by atoms with Gasteiger partial charge in [-0.2, -0.15) is 0 Å². The Hall–Kier alpha value is -1.89. The summed E-state index contributed by atoms with van der Waals surface area (Å²) in [6.07, 6.45) is 0. The number of sulfonamides is 1. The van der Waals surface area contributed by atoms with E-state index in [9.17, 15) is 13.2 Å². The van der Waals surface area contributed by atoms with E-state index in [1.807, 2.05) is 0 Å². The van der Waals surface area contributed by atoms with Crippen molar-refractivity contribution in [1.82, 2.24) is 0 Å². The number of hydrogen-bond acceptors (Lipinski definition) is 3. The number of amides is 1. The van der Waals surface area contributed by atoms with Gasteiger partial charge in [0, 0.05) is 5.56 Å². The average Bonchev–Trinajstić information content (AvgIpc) is 2.40. The monoisotopic (exact) mass is 324 g/mol. The van der Waals surface area contributed by atoms with Gasteiger partial charge in [-0.25, -0.2) is 13.6 Å². The number of carbonyl (C=O) groups is 1. The number of rotatable bonds is 3. The zero-order valence-corrected chi connectivity index (χ0v) is 12.7. The van der Waals surface area contributed by atoms with Crippen LogP contribution in [0.3, 0.4) is 0 Å². The van der Waals surface area contributed by atoms with E-state index in [1.54, 1.807) is 31.2 Å². The third-order valence-corrected chi connectivity index (χ3v) is 4.26. The Balaban J connectivity index is 2.35. The summed E-state index contributed by atoms with van der Waals surface area (Å²) in [5.74, 6) is -0.465. The highest BCUT2D eigenvalue weighted by molar-refractivity contribution is 7.89. The van der Waals surface area contributed by atoms with E-state index in [1.165, 1.54) is 18.2 Å². The fraction of sp³-hybridized carbons (Fsp3) is 0.0714. The van der Waals surface area contributed by atoms with Crippen LogP contribution in [-0.2, 0) is 10.0 Å². The molecule has 0 heterocycles. The maximum Gasteiger partial charge on any atom is 0.255 e. The summed E-state index contributed by atoms with van der Waals surface area (Å²) in [5.41, 5.74) is 1.11. The van der Waals surface area contributed by atoms with Gasteiger partial charge in [0.1, 0.15) is 0 Å². The number of aryl methyl sites for hydroxylation is 1. The Morgan fingerprint density at radius 2 is 1.86 bits per heavy atom. The molecule has 0 fully saturated rings. The number of carbonyl (C=O) groups excluding carboxylic acids is 1. The van der Waals surface area contributed by atoms with Gasteiger partial charge < -0.3 is 5.32 Å². The highest BCUT2D eigenvalue weighted by Crippen LogP contribution is 2.22. The summed E-state index contributed by atoms with van der Waals surface area (Å²) in [7, 11) is -3.88. The Labute approximate surface area is 127 Å². The summed E-state index contributed by atoms with van der Waals surface area (Å²) in [6.45, 7) is 1.61. The van der Waals surface area contributed by atoms with Crippen molar-refractivity contribution in [2.24, 2.45) is 5.14 Å². The molecule has 0 radical (unpaired) electrons. The largest absolute Gasteiger partial charge is 0.321 e. The van der Waals surface area contributed by atoms with Crippen LogP contribution in [0.25, 0.3) is 0 Å². The molecule has 0 spiro atoms. The number of primary sulfonamides is 1. The molecular weight excluding hydrogens is 312 g/mol. The highest BCUT2D eigenvalue weighted by Gasteiger charge is 2.15. The van der Waals surface area contributed by atoms with Gasteiger partial charge in [-0.15, -0.1) is 0 Å². The molecule has 0 atom stereocenters. The fourth-order valence-corrected chi connectivity index (χ4v) is 2.80. The first-order chi connectivity index (χ1) is 9.79. The molecule has 2 aromatic carbocycles. The molecule has 0 bridgehead atoms. The molecule has 5 nitrogen and oxygen atoms in total. The van der Waals surface area contributed by atoms with Gasteiger partial charge in [-0.1, -0.05) is 29.8 Å². The number of halogens is 1. The van der Waals surface area contributed by atoms with E-state index in [0.717, 1.165) is 0 Å². The predicted octanol–water partition coefficient (Wildman–Crippen LogP) is 2.55. The molecular formula is C14H13ClN2O3S. The first-order valence-corrected chi connectivity index (χ1v) is 7.91. The molecule has 1 amide bonds. The van der Waals surface area contributed by atoms with Crippen molar-refractivity contribution in [3.63, 3.8) is 0 Å². The molecule has 0 saturated heterocycles. The quantitative estimate of drug-likeness (QED) is 0.909. The molecule has 0 saturated carbocycles. The molecule has 0 aliphatic rings. The van der Waals surface area contributed by atoms with Gasteiger partial charge in [-0.3, -0.25) is 4.79 Å². The molecule has 2 rings (SSSR count). The smallest absolute Gasteiger partial charge is 0.255 e. The number of para-hydroxylation sites is 1. The number of hydrogen-bond donors (Lipinski definition) is 2. The number of anilines is 1. The van der Waals surface area contributed by atoms with Crippen LogP contribution in [0.1, 0.15) is 15.9 Å². The second-order valence-corrected chi connectivity index (χ2v) is 6.40.